The summed E-state index contributed by atoms with van der Waals surface area (Å²) in [4.78, 5) is 25.2. The van der Waals surface area contributed by atoms with Gasteiger partial charge in [-0.3, -0.25) is 4.79 Å². The lowest BCUT2D eigenvalue weighted by Gasteiger charge is -2.37. The zero-order valence-electron chi connectivity index (χ0n) is 11.4. The zero-order valence-corrected chi connectivity index (χ0v) is 11.4. The van der Waals surface area contributed by atoms with E-state index in [0.29, 0.717) is 12.8 Å². The van der Waals surface area contributed by atoms with E-state index in [9.17, 15) is 14.7 Å². The molecule has 2 aliphatic rings. The monoisotopic (exact) mass is 269 g/mol. The van der Waals surface area contributed by atoms with Crippen LogP contribution < -0.4 is 10.6 Å². The molecule has 2 amide bonds. The van der Waals surface area contributed by atoms with Gasteiger partial charge in [0.15, 0.2) is 0 Å². The number of hydrogen-bond acceptors (Lipinski definition) is 3. The molecule has 0 aromatic carbocycles. The van der Waals surface area contributed by atoms with Gasteiger partial charge in [0, 0.05) is 12.6 Å². The fraction of sp³-hybridized carbons (Fsp3) is 0.846. The van der Waals surface area contributed by atoms with Crippen molar-refractivity contribution < 1.29 is 14.7 Å². The van der Waals surface area contributed by atoms with Gasteiger partial charge in [0.05, 0.1) is 5.41 Å². The first-order chi connectivity index (χ1) is 9.02. The van der Waals surface area contributed by atoms with Gasteiger partial charge in [-0.05, 0) is 45.8 Å². The average molecular weight is 269 g/mol. The van der Waals surface area contributed by atoms with E-state index in [4.69, 9.17) is 0 Å². The van der Waals surface area contributed by atoms with E-state index >= 15 is 0 Å². The number of likely N-dealkylation sites (tertiary alicyclic amines) is 1. The number of nitrogens with one attached hydrogen (secondary N) is 2. The molecule has 1 saturated carbocycles. The predicted octanol–water partition coefficient (Wildman–Crippen LogP) is 0.635. The molecule has 3 N–H and O–H groups in total. The predicted molar refractivity (Wildman–Crippen MR) is 71.0 cm³/mol. The van der Waals surface area contributed by atoms with Crippen LogP contribution in [0.3, 0.4) is 0 Å². The topological polar surface area (TPSA) is 81.7 Å². The van der Waals surface area contributed by atoms with Gasteiger partial charge in [0.25, 0.3) is 0 Å². The molecule has 1 saturated heterocycles. The lowest BCUT2D eigenvalue weighted by atomic mass is 9.69. The molecular formula is C13H23N3O3. The van der Waals surface area contributed by atoms with E-state index in [1.165, 1.54) is 0 Å². The molecular weight excluding hydrogens is 246 g/mol. The first-order valence-electron chi connectivity index (χ1n) is 6.98. The number of urea groups is 1. The van der Waals surface area contributed by atoms with Crippen LogP contribution in [-0.4, -0.2) is 54.7 Å². The lowest BCUT2D eigenvalue weighted by molar-refractivity contribution is -0.153. The van der Waals surface area contributed by atoms with Crippen LogP contribution in [0, 0.1) is 5.41 Å². The van der Waals surface area contributed by atoms with Gasteiger partial charge >= 0.3 is 12.0 Å². The molecule has 6 nitrogen and oxygen atoms in total. The summed E-state index contributed by atoms with van der Waals surface area (Å²) in [5, 5.41) is 14.8. The summed E-state index contributed by atoms with van der Waals surface area (Å²) in [6, 6.07) is -0.0274. The average Bonchev–Trinajstić information content (AvgIpc) is 2.30. The van der Waals surface area contributed by atoms with Crippen LogP contribution in [0.2, 0.25) is 0 Å². The summed E-state index contributed by atoms with van der Waals surface area (Å²) in [5.74, 6) is -0.793. The Morgan fingerprint density at radius 2 is 1.95 bits per heavy atom. The highest BCUT2D eigenvalue weighted by atomic mass is 16.4. The first kappa shape index (κ1) is 14.1. The van der Waals surface area contributed by atoms with Crippen LogP contribution in [0.1, 0.15) is 32.1 Å². The highest BCUT2D eigenvalue weighted by Gasteiger charge is 2.44. The van der Waals surface area contributed by atoms with Crippen LogP contribution in [0.15, 0.2) is 0 Å². The largest absolute Gasteiger partial charge is 0.481 e. The summed E-state index contributed by atoms with van der Waals surface area (Å²) in [7, 11) is 2.07. The Kier molecular flexibility index (Phi) is 4.29. The Morgan fingerprint density at radius 1 is 1.32 bits per heavy atom. The van der Waals surface area contributed by atoms with E-state index in [2.05, 4.69) is 22.6 Å². The second-order valence-electron chi connectivity index (χ2n) is 5.84. The Balaban J connectivity index is 1.71. The number of rotatable bonds is 4. The van der Waals surface area contributed by atoms with Crippen LogP contribution in [0.4, 0.5) is 4.79 Å². The van der Waals surface area contributed by atoms with Gasteiger partial charge in [0.1, 0.15) is 0 Å². The third kappa shape index (κ3) is 3.37. The quantitative estimate of drug-likeness (QED) is 0.699. The number of carbonyl (C=O) groups is 2. The van der Waals surface area contributed by atoms with Gasteiger partial charge < -0.3 is 20.6 Å². The highest BCUT2D eigenvalue weighted by Crippen LogP contribution is 2.40. The molecule has 0 bridgehead atoms. The summed E-state index contributed by atoms with van der Waals surface area (Å²) < 4.78 is 0. The maximum Gasteiger partial charge on any atom is 0.315 e. The van der Waals surface area contributed by atoms with Crippen molar-refractivity contribution >= 4 is 12.0 Å². The van der Waals surface area contributed by atoms with E-state index in [-0.39, 0.29) is 18.6 Å². The Bertz CT molecular complexity index is 347. The maximum atomic E-state index is 11.8. The van der Waals surface area contributed by atoms with Gasteiger partial charge in [-0.2, -0.15) is 0 Å². The van der Waals surface area contributed by atoms with Gasteiger partial charge in [-0.25, -0.2) is 4.79 Å². The van der Waals surface area contributed by atoms with E-state index < -0.39 is 11.4 Å². The normalized spacial score (nSPS) is 23.4. The fourth-order valence-corrected chi connectivity index (χ4v) is 2.71. The number of carboxylic acid groups (broad SMARTS) is 1. The Morgan fingerprint density at radius 3 is 2.42 bits per heavy atom. The highest BCUT2D eigenvalue weighted by molar-refractivity contribution is 5.79. The lowest BCUT2D eigenvalue weighted by Crippen LogP contribution is -2.52. The molecule has 2 fully saturated rings. The van der Waals surface area contributed by atoms with Crippen molar-refractivity contribution in [1.82, 2.24) is 15.5 Å². The van der Waals surface area contributed by atoms with E-state index in [0.717, 1.165) is 32.4 Å². The number of piperidine rings is 1. The maximum absolute atomic E-state index is 11.8. The number of amides is 2. The summed E-state index contributed by atoms with van der Waals surface area (Å²) in [5.41, 5.74) is -0.718. The molecule has 0 spiro atoms. The molecule has 6 heteroatoms. The zero-order chi connectivity index (χ0) is 13.9. The van der Waals surface area contributed by atoms with Crippen LogP contribution in [-0.2, 0) is 4.79 Å². The molecule has 108 valence electrons. The van der Waals surface area contributed by atoms with Crippen molar-refractivity contribution in [2.45, 2.75) is 38.1 Å². The number of carbonyl (C=O) groups excluding carboxylic acids is 1. The molecule has 0 aromatic heterocycles. The standard InChI is InChI=1S/C13H23N3O3/c1-16-7-3-10(4-8-16)15-12(19)14-9-13(11(17)18)5-2-6-13/h10H,2-9H2,1H3,(H,17,18)(H2,14,15,19). The van der Waals surface area contributed by atoms with E-state index in [1.54, 1.807) is 0 Å². The smallest absolute Gasteiger partial charge is 0.315 e. The molecule has 1 heterocycles. The minimum atomic E-state index is -0.793. The first-order valence-corrected chi connectivity index (χ1v) is 6.98. The summed E-state index contributed by atoms with van der Waals surface area (Å²) >= 11 is 0. The molecule has 0 radical (unpaired) electrons. The van der Waals surface area contributed by atoms with E-state index in [1.807, 2.05) is 0 Å². The van der Waals surface area contributed by atoms with Crippen molar-refractivity contribution in [2.24, 2.45) is 5.41 Å². The molecule has 0 unspecified atom stereocenters. The van der Waals surface area contributed by atoms with Gasteiger partial charge in [0.2, 0.25) is 0 Å². The van der Waals surface area contributed by atoms with Gasteiger partial charge in [-0.1, -0.05) is 6.42 Å². The molecule has 0 atom stereocenters. The number of hydrogen-bond donors (Lipinski definition) is 3. The van der Waals surface area contributed by atoms with Crippen LogP contribution in [0.25, 0.3) is 0 Å². The summed E-state index contributed by atoms with van der Waals surface area (Å²) in [6.07, 6.45) is 4.17. The third-order valence-electron chi connectivity index (χ3n) is 4.41. The van der Waals surface area contributed by atoms with Crippen molar-refractivity contribution in [3.8, 4) is 0 Å². The molecule has 19 heavy (non-hydrogen) atoms. The third-order valence-corrected chi connectivity index (χ3v) is 4.41. The second-order valence-corrected chi connectivity index (χ2v) is 5.84. The number of nitrogens with zero attached hydrogens (tertiary/aromatic N) is 1. The Labute approximate surface area is 113 Å². The van der Waals surface area contributed by atoms with Crippen molar-refractivity contribution in [3.05, 3.63) is 0 Å². The minimum Gasteiger partial charge on any atom is -0.481 e. The minimum absolute atomic E-state index is 0.207. The molecule has 2 rings (SSSR count). The number of aliphatic carboxylic acids is 1. The molecule has 0 aromatic rings. The summed E-state index contributed by atoms with van der Waals surface area (Å²) in [6.45, 7) is 2.22. The van der Waals surface area contributed by atoms with Crippen molar-refractivity contribution in [3.63, 3.8) is 0 Å². The molecule has 1 aliphatic carbocycles. The van der Waals surface area contributed by atoms with Crippen molar-refractivity contribution in [1.29, 1.82) is 0 Å². The Hall–Kier alpha value is -1.30. The van der Waals surface area contributed by atoms with Crippen LogP contribution in [0.5, 0.6) is 0 Å². The fourth-order valence-electron chi connectivity index (χ4n) is 2.71. The second kappa shape index (κ2) is 5.77. The van der Waals surface area contributed by atoms with Crippen molar-refractivity contribution in [2.75, 3.05) is 26.7 Å². The number of carboxylic acids is 1. The van der Waals surface area contributed by atoms with Gasteiger partial charge in [-0.15, -0.1) is 0 Å². The molecule has 1 aliphatic heterocycles. The SMILES string of the molecule is CN1CCC(NC(=O)NCC2(C(=O)O)CCC2)CC1. The van der Waals surface area contributed by atoms with Crippen LogP contribution >= 0.6 is 0 Å².